The summed E-state index contributed by atoms with van der Waals surface area (Å²) < 4.78 is 5.30. The summed E-state index contributed by atoms with van der Waals surface area (Å²) in [4.78, 5) is 15.7. The Balaban J connectivity index is 2.08. The summed E-state index contributed by atoms with van der Waals surface area (Å²) in [5, 5.41) is 16.5. The molecule has 0 unspecified atom stereocenters. The number of carbonyl (C=O) groups is 1. The number of hydrogen-bond donors (Lipinski definition) is 3. The van der Waals surface area contributed by atoms with Crippen molar-refractivity contribution in [2.45, 2.75) is 19.0 Å². The van der Waals surface area contributed by atoms with E-state index in [9.17, 15) is 4.79 Å². The van der Waals surface area contributed by atoms with Gasteiger partial charge < -0.3 is 20.5 Å². The van der Waals surface area contributed by atoms with Gasteiger partial charge in [0.05, 0.1) is 23.7 Å². The van der Waals surface area contributed by atoms with Crippen LogP contribution in [-0.4, -0.2) is 36.3 Å². The maximum atomic E-state index is 11.3. The lowest BCUT2D eigenvalue weighted by Gasteiger charge is -2.14. The normalized spacial score (nSPS) is 19.4. The Hall–Kier alpha value is -1.60. The highest BCUT2D eigenvalue weighted by atomic mass is 35.5. The Labute approximate surface area is 149 Å². The Morgan fingerprint density at radius 2 is 2.21 bits per heavy atom. The molecule has 2 aromatic rings. The maximum Gasteiger partial charge on any atom is 0.245 e. The summed E-state index contributed by atoms with van der Waals surface area (Å²) in [6.07, 6.45) is 1.75. The number of aromatic nitrogens is 1. The van der Waals surface area contributed by atoms with Crippen LogP contribution in [0.25, 0.3) is 10.9 Å². The van der Waals surface area contributed by atoms with Crippen LogP contribution in [0, 0.1) is 0 Å². The Morgan fingerprint density at radius 3 is 2.88 bits per heavy atom. The number of methoxy groups -OCH3 is 1. The van der Waals surface area contributed by atoms with Crippen LogP contribution in [0.4, 0.5) is 0 Å². The van der Waals surface area contributed by atoms with Crippen molar-refractivity contribution in [3.8, 4) is 5.75 Å². The Morgan fingerprint density at radius 1 is 1.46 bits per heavy atom. The molecule has 1 aromatic heterocycles. The molecule has 1 aliphatic heterocycles. The predicted molar refractivity (Wildman–Crippen MR) is 92.7 cm³/mol. The molecule has 0 aliphatic carbocycles. The van der Waals surface area contributed by atoms with E-state index >= 15 is 0 Å². The highest BCUT2D eigenvalue weighted by Crippen LogP contribution is 2.43. The third-order valence-electron chi connectivity index (χ3n) is 4.21. The lowest BCUT2D eigenvalue weighted by Crippen LogP contribution is -2.34. The average molecular weight is 370 g/mol. The number of aliphatic hydroxyl groups excluding tert-OH is 1. The molecule has 0 saturated carbocycles. The molecule has 2 heterocycles. The lowest BCUT2D eigenvalue weighted by molar-refractivity contribution is -0.123. The van der Waals surface area contributed by atoms with Crippen molar-refractivity contribution in [1.29, 1.82) is 0 Å². The summed E-state index contributed by atoms with van der Waals surface area (Å²) in [6, 6.07) is 1.79. The van der Waals surface area contributed by atoms with Gasteiger partial charge in [-0.2, -0.15) is 0 Å². The van der Waals surface area contributed by atoms with E-state index in [0.29, 0.717) is 27.9 Å². The molecule has 0 spiro atoms. The van der Waals surface area contributed by atoms with Crippen molar-refractivity contribution in [3.05, 3.63) is 33.4 Å². The molecule has 1 amide bonds. The van der Waals surface area contributed by atoms with Gasteiger partial charge in [0.1, 0.15) is 17.4 Å². The van der Waals surface area contributed by atoms with Crippen molar-refractivity contribution in [1.82, 2.24) is 15.6 Å². The highest BCUT2D eigenvalue weighted by molar-refractivity contribution is 6.46. The number of nitrogens with one attached hydrogen (secondary N) is 2. The number of halogens is 2. The Bertz CT molecular complexity index is 813. The highest BCUT2D eigenvalue weighted by Gasteiger charge is 2.31. The SMILES string of the molecule is COc1cc2c3c(cnc2c(Cl)c1Cl)[C@H](CNC(=O)CO)N[C@H]3C. The van der Waals surface area contributed by atoms with Crippen LogP contribution in [0.1, 0.15) is 30.1 Å². The molecule has 6 nitrogen and oxygen atoms in total. The van der Waals surface area contributed by atoms with Gasteiger partial charge in [0.2, 0.25) is 5.91 Å². The van der Waals surface area contributed by atoms with Crippen molar-refractivity contribution in [2.24, 2.45) is 0 Å². The molecule has 0 bridgehead atoms. The largest absolute Gasteiger partial charge is 0.495 e. The summed E-state index contributed by atoms with van der Waals surface area (Å²) in [5.74, 6) is 0.0803. The van der Waals surface area contributed by atoms with Crippen molar-refractivity contribution in [2.75, 3.05) is 20.3 Å². The quantitative estimate of drug-likeness (QED) is 0.770. The van der Waals surface area contributed by atoms with Crippen molar-refractivity contribution < 1.29 is 14.6 Å². The molecule has 3 rings (SSSR count). The van der Waals surface area contributed by atoms with E-state index in [4.69, 9.17) is 33.0 Å². The van der Waals surface area contributed by atoms with Gasteiger partial charge >= 0.3 is 0 Å². The second-order valence-electron chi connectivity index (χ2n) is 5.63. The molecule has 24 heavy (non-hydrogen) atoms. The minimum Gasteiger partial charge on any atom is -0.495 e. The predicted octanol–water partition coefficient (Wildman–Crippen LogP) is 2.36. The first-order chi connectivity index (χ1) is 11.5. The van der Waals surface area contributed by atoms with Gasteiger partial charge in [-0.05, 0) is 24.1 Å². The lowest BCUT2D eigenvalue weighted by atomic mass is 9.99. The van der Waals surface area contributed by atoms with Crippen LogP contribution < -0.4 is 15.4 Å². The fourth-order valence-electron chi connectivity index (χ4n) is 3.11. The first-order valence-corrected chi connectivity index (χ1v) is 8.21. The molecule has 0 fully saturated rings. The standard InChI is InChI=1S/C16H17Cl2N3O3/c1-7-13-8-3-11(24-2)14(17)15(18)16(8)20-4-9(13)10(21-7)5-19-12(23)6-22/h3-4,7,10,21-22H,5-6H2,1-2H3,(H,19,23)/t7-,10-/m0/s1. The van der Waals surface area contributed by atoms with Gasteiger partial charge in [0.15, 0.2) is 0 Å². The number of carbonyl (C=O) groups excluding carboxylic acids is 1. The smallest absolute Gasteiger partial charge is 0.245 e. The average Bonchev–Trinajstić information content (AvgIpc) is 2.92. The molecule has 1 aliphatic rings. The summed E-state index contributed by atoms with van der Waals surface area (Å²) in [5.41, 5.74) is 2.66. The number of pyridine rings is 1. The van der Waals surface area contributed by atoms with Gasteiger partial charge in [-0.1, -0.05) is 23.2 Å². The number of hydrogen-bond acceptors (Lipinski definition) is 5. The molecule has 128 valence electrons. The summed E-state index contributed by atoms with van der Waals surface area (Å²) >= 11 is 12.5. The topological polar surface area (TPSA) is 83.5 Å². The van der Waals surface area contributed by atoms with E-state index in [2.05, 4.69) is 15.6 Å². The first kappa shape index (κ1) is 17.2. The molecule has 0 radical (unpaired) electrons. The van der Waals surface area contributed by atoms with E-state index in [1.54, 1.807) is 6.20 Å². The number of amides is 1. The van der Waals surface area contributed by atoms with Crippen molar-refractivity contribution in [3.63, 3.8) is 0 Å². The maximum absolute atomic E-state index is 11.3. The zero-order valence-electron chi connectivity index (χ0n) is 13.2. The molecule has 0 saturated heterocycles. The number of ether oxygens (including phenoxy) is 1. The van der Waals surface area contributed by atoms with Gasteiger partial charge in [-0.15, -0.1) is 0 Å². The van der Waals surface area contributed by atoms with E-state index in [0.717, 1.165) is 16.5 Å². The van der Waals surface area contributed by atoms with Crippen LogP contribution in [0.5, 0.6) is 5.75 Å². The van der Waals surface area contributed by atoms with E-state index in [1.165, 1.54) is 7.11 Å². The number of nitrogens with zero attached hydrogens (tertiary/aromatic N) is 1. The summed E-state index contributed by atoms with van der Waals surface area (Å²) in [6.45, 7) is 1.86. The molecular formula is C16H17Cl2N3O3. The molecule has 2 atom stereocenters. The van der Waals surface area contributed by atoms with Crippen LogP contribution in [0.15, 0.2) is 12.3 Å². The molecular weight excluding hydrogens is 353 g/mol. The number of aliphatic hydroxyl groups is 1. The van der Waals surface area contributed by atoms with Gasteiger partial charge in [-0.25, -0.2) is 0 Å². The monoisotopic (exact) mass is 369 g/mol. The van der Waals surface area contributed by atoms with Gasteiger partial charge in [-0.3, -0.25) is 9.78 Å². The number of fused-ring (bicyclic) bond motifs is 3. The zero-order valence-corrected chi connectivity index (χ0v) is 14.7. The van der Waals surface area contributed by atoms with E-state index in [-0.39, 0.29) is 12.1 Å². The third kappa shape index (κ3) is 2.80. The zero-order chi connectivity index (χ0) is 17.4. The van der Waals surface area contributed by atoms with Gasteiger partial charge in [0.25, 0.3) is 0 Å². The fourth-order valence-corrected chi connectivity index (χ4v) is 3.57. The molecule has 3 N–H and O–H groups in total. The fraction of sp³-hybridized carbons (Fsp3) is 0.375. The second kappa shape index (κ2) is 6.72. The minimum absolute atomic E-state index is 0.0449. The van der Waals surface area contributed by atoms with Crippen LogP contribution in [0.3, 0.4) is 0 Å². The first-order valence-electron chi connectivity index (χ1n) is 7.46. The van der Waals surface area contributed by atoms with Crippen molar-refractivity contribution >= 4 is 40.0 Å². The second-order valence-corrected chi connectivity index (χ2v) is 6.39. The molecule has 8 heteroatoms. The van der Waals surface area contributed by atoms with Crippen LogP contribution in [-0.2, 0) is 4.79 Å². The molecule has 1 aromatic carbocycles. The summed E-state index contributed by atoms with van der Waals surface area (Å²) in [7, 11) is 1.54. The van der Waals surface area contributed by atoms with Gasteiger partial charge in [0, 0.05) is 24.2 Å². The van der Waals surface area contributed by atoms with Crippen LogP contribution >= 0.6 is 23.2 Å². The third-order valence-corrected chi connectivity index (χ3v) is 5.05. The van der Waals surface area contributed by atoms with E-state index < -0.39 is 12.5 Å². The van der Waals surface area contributed by atoms with Crippen LogP contribution in [0.2, 0.25) is 10.0 Å². The number of rotatable bonds is 4. The number of benzene rings is 1. The van der Waals surface area contributed by atoms with E-state index in [1.807, 2.05) is 13.0 Å². The Kier molecular flexibility index (Phi) is 4.83. The minimum atomic E-state index is -0.531.